The number of anilines is 3. The van der Waals surface area contributed by atoms with E-state index in [0.29, 0.717) is 28.0 Å². The van der Waals surface area contributed by atoms with E-state index in [0.717, 1.165) is 0 Å². The molecule has 0 spiro atoms. The predicted octanol–water partition coefficient (Wildman–Crippen LogP) is 2.11. The fourth-order valence-electron chi connectivity index (χ4n) is 3.17. The van der Waals surface area contributed by atoms with Crippen LogP contribution in [0.15, 0.2) is 41.3 Å². The lowest BCUT2D eigenvalue weighted by atomic mass is 10.1. The number of nitriles is 1. The van der Waals surface area contributed by atoms with Crippen molar-refractivity contribution >= 4 is 45.5 Å². The molecule has 0 aliphatic rings. The van der Waals surface area contributed by atoms with Gasteiger partial charge in [-0.15, -0.1) is 0 Å². The lowest BCUT2D eigenvalue weighted by Crippen LogP contribution is -2.39. The number of nitrogens with one attached hydrogen (secondary N) is 3. The molecule has 0 fully saturated rings. The Labute approximate surface area is 183 Å². The summed E-state index contributed by atoms with van der Waals surface area (Å²) in [5.74, 6) is -0.303. The molecule has 1 amide bonds. The smallest absolute Gasteiger partial charge is 0.252 e. The number of aryl methyl sites for hydroxylation is 1. The number of hydrogen-bond donors (Lipinski definition) is 4. The first kappa shape index (κ1) is 22.1. The van der Waals surface area contributed by atoms with Crippen LogP contribution in [0.2, 0.25) is 5.15 Å². The molecule has 0 saturated heterocycles. The topological polar surface area (TPSA) is 132 Å². The van der Waals surface area contributed by atoms with Crippen LogP contribution < -0.4 is 21.5 Å². The van der Waals surface area contributed by atoms with Crippen molar-refractivity contribution in [1.29, 1.82) is 5.26 Å². The van der Waals surface area contributed by atoms with Crippen LogP contribution >= 0.6 is 11.6 Å². The highest BCUT2D eigenvalue weighted by atomic mass is 35.5. The highest BCUT2D eigenvalue weighted by Crippen LogP contribution is 2.31. The molecule has 10 heteroatoms. The van der Waals surface area contributed by atoms with Gasteiger partial charge >= 0.3 is 0 Å². The number of amides is 1. The molecule has 0 aliphatic carbocycles. The van der Waals surface area contributed by atoms with E-state index in [9.17, 15) is 14.9 Å². The Morgan fingerprint density at radius 2 is 2.10 bits per heavy atom. The molecule has 3 aromatic rings. The molecule has 2 aromatic heterocycles. The summed E-state index contributed by atoms with van der Waals surface area (Å²) in [6.45, 7) is 1.65. The quantitative estimate of drug-likeness (QED) is 0.413. The van der Waals surface area contributed by atoms with Gasteiger partial charge < -0.3 is 25.6 Å². The third-order valence-electron chi connectivity index (χ3n) is 4.72. The molecule has 0 bridgehead atoms. The van der Waals surface area contributed by atoms with E-state index < -0.39 is 6.04 Å². The van der Waals surface area contributed by atoms with E-state index in [1.165, 1.54) is 16.8 Å². The number of hydrogen-bond acceptors (Lipinski definition) is 7. The molecule has 160 valence electrons. The average Bonchev–Trinajstić information content (AvgIpc) is 2.75. The van der Waals surface area contributed by atoms with Gasteiger partial charge in [0.05, 0.1) is 23.5 Å². The first-order chi connectivity index (χ1) is 14.9. The number of aliphatic hydroxyl groups excluding tert-OH is 1. The van der Waals surface area contributed by atoms with Gasteiger partial charge in [0.1, 0.15) is 22.8 Å². The predicted molar refractivity (Wildman–Crippen MR) is 120 cm³/mol. The second-order valence-electron chi connectivity index (χ2n) is 6.80. The fourth-order valence-corrected chi connectivity index (χ4v) is 3.37. The van der Waals surface area contributed by atoms with Crippen LogP contribution in [0.3, 0.4) is 0 Å². The molecule has 1 atom stereocenters. The van der Waals surface area contributed by atoms with Gasteiger partial charge in [-0.05, 0) is 19.1 Å². The maximum Gasteiger partial charge on any atom is 0.252 e. The first-order valence-corrected chi connectivity index (χ1v) is 9.84. The Morgan fingerprint density at radius 3 is 2.81 bits per heavy atom. The molecule has 0 saturated carbocycles. The number of aliphatic hydroxyl groups is 1. The highest BCUT2D eigenvalue weighted by molar-refractivity contribution is 6.31. The number of carbonyl (C=O) groups is 1. The van der Waals surface area contributed by atoms with Crippen LogP contribution in [0, 0.1) is 11.3 Å². The van der Waals surface area contributed by atoms with Crippen LogP contribution in [0.4, 0.5) is 17.1 Å². The lowest BCUT2D eigenvalue weighted by molar-refractivity contribution is -0.121. The zero-order valence-electron chi connectivity index (χ0n) is 16.9. The Kier molecular flexibility index (Phi) is 6.74. The first-order valence-electron chi connectivity index (χ1n) is 9.46. The SMILES string of the molecule is C[C@@H](Nc1cc(=O)n(C)c2c(Nc3ccnc(Cl)c3C#N)cccc12)C(=O)NCCO. The second kappa shape index (κ2) is 9.47. The summed E-state index contributed by atoms with van der Waals surface area (Å²) in [6.07, 6.45) is 1.48. The molecule has 31 heavy (non-hydrogen) atoms. The van der Waals surface area contributed by atoms with Gasteiger partial charge in [0.15, 0.2) is 0 Å². The van der Waals surface area contributed by atoms with E-state index in [4.69, 9.17) is 16.7 Å². The van der Waals surface area contributed by atoms with Crippen LogP contribution in [-0.4, -0.2) is 39.8 Å². The summed E-state index contributed by atoms with van der Waals surface area (Å²) in [4.78, 5) is 28.7. The highest BCUT2D eigenvalue weighted by Gasteiger charge is 2.17. The summed E-state index contributed by atoms with van der Waals surface area (Å²) < 4.78 is 1.48. The molecule has 0 radical (unpaired) electrons. The van der Waals surface area contributed by atoms with Crippen LogP contribution in [0.25, 0.3) is 10.9 Å². The molecule has 3 rings (SSSR count). The summed E-state index contributed by atoms with van der Waals surface area (Å²) >= 11 is 6.03. The summed E-state index contributed by atoms with van der Waals surface area (Å²) in [5.41, 5.74) is 2.02. The largest absolute Gasteiger partial charge is 0.395 e. The number of fused-ring (bicyclic) bond motifs is 1. The van der Waals surface area contributed by atoms with E-state index in [2.05, 4.69) is 20.9 Å². The van der Waals surface area contributed by atoms with Crippen molar-refractivity contribution in [3.05, 3.63) is 57.6 Å². The van der Waals surface area contributed by atoms with Crippen LogP contribution in [0.5, 0.6) is 0 Å². The number of rotatable bonds is 7. The number of aromatic nitrogens is 2. The van der Waals surface area contributed by atoms with Crippen LogP contribution in [0.1, 0.15) is 12.5 Å². The maximum atomic E-state index is 12.6. The molecule has 0 aliphatic heterocycles. The molecule has 9 nitrogen and oxygen atoms in total. The van der Waals surface area contributed by atoms with Crippen molar-refractivity contribution in [3.8, 4) is 6.07 Å². The van der Waals surface area contributed by atoms with Gasteiger partial charge in [-0.3, -0.25) is 9.59 Å². The third-order valence-corrected chi connectivity index (χ3v) is 5.01. The Bertz CT molecular complexity index is 1230. The Morgan fingerprint density at radius 1 is 1.32 bits per heavy atom. The minimum atomic E-state index is -0.636. The summed E-state index contributed by atoms with van der Waals surface area (Å²) in [5, 5.41) is 27.9. The Hall–Kier alpha value is -3.61. The fraction of sp³-hybridized carbons (Fsp3) is 0.238. The molecule has 4 N–H and O–H groups in total. The Balaban J connectivity index is 2.07. The molecular formula is C21H21ClN6O3. The van der Waals surface area contributed by atoms with Crippen molar-refractivity contribution < 1.29 is 9.90 Å². The number of benzene rings is 1. The molecule has 0 unspecified atom stereocenters. The van der Waals surface area contributed by atoms with Crippen LogP contribution in [-0.2, 0) is 11.8 Å². The van der Waals surface area contributed by atoms with E-state index >= 15 is 0 Å². The molecule has 1 aromatic carbocycles. The minimum Gasteiger partial charge on any atom is -0.395 e. The third kappa shape index (κ3) is 4.60. The maximum absolute atomic E-state index is 12.6. The number of nitrogens with zero attached hydrogens (tertiary/aromatic N) is 3. The summed E-state index contributed by atoms with van der Waals surface area (Å²) in [6, 6.07) is 9.83. The van der Waals surface area contributed by atoms with Gasteiger partial charge in [0.2, 0.25) is 5.91 Å². The van der Waals surface area contributed by atoms with Crippen molar-refractivity contribution in [2.45, 2.75) is 13.0 Å². The number of halogens is 1. The lowest BCUT2D eigenvalue weighted by Gasteiger charge is -2.19. The van der Waals surface area contributed by atoms with Gasteiger partial charge in [0.25, 0.3) is 5.56 Å². The van der Waals surface area contributed by atoms with Crippen molar-refractivity contribution in [2.24, 2.45) is 7.05 Å². The van der Waals surface area contributed by atoms with Crippen molar-refractivity contribution in [2.75, 3.05) is 23.8 Å². The van der Waals surface area contributed by atoms with Crippen molar-refractivity contribution in [3.63, 3.8) is 0 Å². The average molecular weight is 441 g/mol. The van der Waals surface area contributed by atoms with E-state index in [1.807, 2.05) is 12.1 Å². The second-order valence-corrected chi connectivity index (χ2v) is 7.16. The molecule has 2 heterocycles. The van der Waals surface area contributed by atoms with Crippen molar-refractivity contribution in [1.82, 2.24) is 14.9 Å². The van der Waals surface area contributed by atoms with Gasteiger partial charge in [-0.1, -0.05) is 23.7 Å². The molecular weight excluding hydrogens is 420 g/mol. The normalized spacial score (nSPS) is 11.6. The number of pyridine rings is 2. The van der Waals surface area contributed by atoms with Gasteiger partial charge in [-0.25, -0.2) is 4.98 Å². The monoisotopic (exact) mass is 440 g/mol. The van der Waals surface area contributed by atoms with E-state index in [-0.39, 0.29) is 35.3 Å². The standard InChI is InChI=1S/C21H21ClN6O3/c1-12(21(31)25-8-9-29)26-17-10-18(30)28(2)19-13(17)4-3-5-16(19)27-15-6-7-24-20(22)14(15)11-23/h3-7,10,12,26,29H,8-9H2,1-2H3,(H,24,27)(H,25,31)/t12-/m1/s1. The summed E-state index contributed by atoms with van der Waals surface area (Å²) in [7, 11) is 1.64. The number of para-hydroxylation sites is 1. The zero-order chi connectivity index (χ0) is 22.5. The van der Waals surface area contributed by atoms with Gasteiger partial charge in [0, 0.05) is 36.9 Å². The zero-order valence-corrected chi connectivity index (χ0v) is 17.7. The van der Waals surface area contributed by atoms with E-state index in [1.54, 1.807) is 32.2 Å². The van der Waals surface area contributed by atoms with Gasteiger partial charge in [-0.2, -0.15) is 5.26 Å². The minimum absolute atomic E-state index is 0.0756. The number of carbonyl (C=O) groups excluding carboxylic acids is 1.